The minimum Gasteiger partial charge on any atom is -0.364 e. The van der Waals surface area contributed by atoms with Gasteiger partial charge in [0.2, 0.25) is 0 Å². The first-order chi connectivity index (χ1) is 13.5. The van der Waals surface area contributed by atoms with Gasteiger partial charge in [-0.25, -0.2) is 4.79 Å². The number of benzene rings is 2. The Morgan fingerprint density at radius 1 is 1.00 bits per heavy atom. The molecule has 0 aliphatic heterocycles. The van der Waals surface area contributed by atoms with E-state index in [1.54, 1.807) is 42.6 Å². The first-order valence-corrected chi connectivity index (χ1v) is 8.57. The number of primary amides is 1. The molecular formula is C20H17N5O3. The van der Waals surface area contributed by atoms with Crippen LogP contribution in [0.2, 0.25) is 0 Å². The highest BCUT2D eigenvalue weighted by molar-refractivity contribution is 5.99. The Balaban J connectivity index is 1.43. The van der Waals surface area contributed by atoms with Crippen molar-refractivity contribution in [1.82, 2.24) is 15.3 Å². The number of aromatic amines is 2. The number of nitrogens with two attached hydrogens (primary N) is 1. The monoisotopic (exact) mass is 375 g/mol. The second kappa shape index (κ2) is 6.92. The van der Waals surface area contributed by atoms with Crippen molar-refractivity contribution in [3.05, 3.63) is 76.2 Å². The second-order valence-electron chi connectivity index (χ2n) is 6.38. The Labute approximate surface area is 158 Å². The number of rotatable bonds is 4. The lowest BCUT2D eigenvalue weighted by molar-refractivity contribution is 0.0996. The second-order valence-corrected chi connectivity index (χ2v) is 6.38. The molecular weight excluding hydrogens is 358 g/mol. The quantitative estimate of drug-likeness (QED) is 0.375. The summed E-state index contributed by atoms with van der Waals surface area (Å²) < 4.78 is 0. The molecule has 0 saturated heterocycles. The molecule has 140 valence electrons. The van der Waals surface area contributed by atoms with Crippen LogP contribution in [0.3, 0.4) is 0 Å². The van der Waals surface area contributed by atoms with E-state index in [4.69, 9.17) is 5.73 Å². The molecule has 4 rings (SSSR count). The zero-order valence-electron chi connectivity index (χ0n) is 14.7. The van der Waals surface area contributed by atoms with Crippen LogP contribution in [0.4, 0.5) is 10.5 Å². The molecule has 4 aromatic rings. The Morgan fingerprint density at radius 2 is 1.86 bits per heavy atom. The first kappa shape index (κ1) is 17.3. The van der Waals surface area contributed by atoms with E-state index in [0.29, 0.717) is 23.3 Å². The average Bonchev–Trinajstić information content (AvgIpc) is 3.10. The van der Waals surface area contributed by atoms with E-state index in [2.05, 4.69) is 20.6 Å². The van der Waals surface area contributed by atoms with Crippen LogP contribution in [0.5, 0.6) is 0 Å². The van der Waals surface area contributed by atoms with Crippen LogP contribution in [-0.4, -0.2) is 21.9 Å². The Morgan fingerprint density at radius 3 is 2.68 bits per heavy atom. The highest BCUT2D eigenvalue weighted by Gasteiger charge is 2.08. The number of H-pyrrole nitrogens is 2. The molecule has 0 spiro atoms. The van der Waals surface area contributed by atoms with Crippen molar-refractivity contribution in [3.8, 4) is 0 Å². The number of hydrogen-bond acceptors (Lipinski definition) is 3. The predicted octanol–water partition coefficient (Wildman–Crippen LogP) is 2.43. The van der Waals surface area contributed by atoms with Crippen molar-refractivity contribution in [2.24, 2.45) is 5.73 Å². The molecule has 28 heavy (non-hydrogen) atoms. The standard InChI is InChI=1S/C20H17N5O3/c21-19(27)17-9-12-8-13(2-4-15(12)25-17)24-20(28)23-10-11-1-3-14-16(7-11)22-6-5-18(14)26/h1-9,25H,10H2,(H2,21,27)(H,22,26)(H2,23,24,28). The summed E-state index contributed by atoms with van der Waals surface area (Å²) in [5, 5.41) is 6.90. The van der Waals surface area contributed by atoms with Gasteiger partial charge in [-0.1, -0.05) is 6.07 Å². The molecule has 0 aliphatic rings. The van der Waals surface area contributed by atoms with Gasteiger partial charge >= 0.3 is 6.03 Å². The minimum absolute atomic E-state index is 0.0503. The van der Waals surface area contributed by atoms with E-state index in [1.165, 1.54) is 6.07 Å². The Bertz CT molecular complexity index is 1270. The van der Waals surface area contributed by atoms with Crippen LogP contribution in [0.1, 0.15) is 16.1 Å². The van der Waals surface area contributed by atoms with Crippen molar-refractivity contribution in [3.63, 3.8) is 0 Å². The van der Waals surface area contributed by atoms with E-state index in [0.717, 1.165) is 22.0 Å². The summed E-state index contributed by atoms with van der Waals surface area (Å²) in [6, 6.07) is 13.3. The molecule has 6 N–H and O–H groups in total. The van der Waals surface area contributed by atoms with Crippen LogP contribution < -0.4 is 21.8 Å². The molecule has 2 heterocycles. The normalized spacial score (nSPS) is 10.9. The predicted molar refractivity (Wildman–Crippen MR) is 107 cm³/mol. The van der Waals surface area contributed by atoms with E-state index >= 15 is 0 Å². The average molecular weight is 375 g/mol. The van der Waals surface area contributed by atoms with E-state index in [1.807, 2.05) is 6.07 Å². The molecule has 2 aromatic carbocycles. The number of pyridine rings is 1. The summed E-state index contributed by atoms with van der Waals surface area (Å²) in [6.07, 6.45) is 1.59. The summed E-state index contributed by atoms with van der Waals surface area (Å²) in [7, 11) is 0. The lowest BCUT2D eigenvalue weighted by Crippen LogP contribution is -2.28. The molecule has 0 unspecified atom stereocenters. The van der Waals surface area contributed by atoms with Gasteiger partial charge in [-0.15, -0.1) is 0 Å². The van der Waals surface area contributed by atoms with Crippen molar-refractivity contribution >= 4 is 39.4 Å². The molecule has 0 bridgehead atoms. The van der Waals surface area contributed by atoms with Gasteiger partial charge in [0.05, 0.1) is 0 Å². The van der Waals surface area contributed by atoms with Crippen LogP contribution in [0.15, 0.2) is 59.5 Å². The fourth-order valence-corrected chi connectivity index (χ4v) is 3.03. The molecule has 0 atom stereocenters. The first-order valence-electron chi connectivity index (χ1n) is 8.57. The van der Waals surface area contributed by atoms with E-state index in [-0.39, 0.29) is 11.5 Å². The zero-order valence-corrected chi connectivity index (χ0v) is 14.7. The van der Waals surface area contributed by atoms with Gasteiger partial charge in [0.1, 0.15) is 5.69 Å². The van der Waals surface area contributed by atoms with E-state index < -0.39 is 5.91 Å². The number of carbonyl (C=O) groups excluding carboxylic acids is 2. The lowest BCUT2D eigenvalue weighted by atomic mass is 10.1. The smallest absolute Gasteiger partial charge is 0.319 e. The fraction of sp³-hybridized carbons (Fsp3) is 0.0500. The maximum atomic E-state index is 12.2. The number of urea groups is 1. The highest BCUT2D eigenvalue weighted by atomic mass is 16.2. The Kier molecular flexibility index (Phi) is 4.29. The van der Waals surface area contributed by atoms with Crippen molar-refractivity contribution in [2.45, 2.75) is 6.54 Å². The fourth-order valence-electron chi connectivity index (χ4n) is 3.03. The maximum absolute atomic E-state index is 12.2. The Hall–Kier alpha value is -4.07. The molecule has 0 saturated carbocycles. The van der Waals surface area contributed by atoms with Gasteiger partial charge in [-0.3, -0.25) is 9.59 Å². The van der Waals surface area contributed by atoms with Gasteiger partial charge < -0.3 is 26.3 Å². The molecule has 8 heteroatoms. The third-order valence-electron chi connectivity index (χ3n) is 4.42. The largest absolute Gasteiger partial charge is 0.364 e. The topological polar surface area (TPSA) is 133 Å². The number of anilines is 1. The number of hydrogen-bond donors (Lipinski definition) is 5. The third kappa shape index (κ3) is 3.43. The maximum Gasteiger partial charge on any atom is 0.319 e. The van der Waals surface area contributed by atoms with E-state index in [9.17, 15) is 14.4 Å². The zero-order chi connectivity index (χ0) is 19.7. The third-order valence-corrected chi connectivity index (χ3v) is 4.42. The summed E-state index contributed by atoms with van der Waals surface area (Å²) in [5.74, 6) is -0.541. The molecule has 0 aliphatic carbocycles. The van der Waals surface area contributed by atoms with Crippen molar-refractivity contribution in [2.75, 3.05) is 5.32 Å². The molecule has 2 aromatic heterocycles. The minimum atomic E-state index is -0.541. The molecule has 0 fully saturated rings. The van der Waals surface area contributed by atoms with Gasteiger partial charge in [-0.05, 0) is 42.0 Å². The van der Waals surface area contributed by atoms with Crippen LogP contribution in [-0.2, 0) is 6.54 Å². The lowest BCUT2D eigenvalue weighted by Gasteiger charge is -2.08. The summed E-state index contributed by atoms with van der Waals surface area (Å²) >= 11 is 0. The van der Waals surface area contributed by atoms with Gasteiger partial charge in [0, 0.05) is 46.3 Å². The number of nitrogens with one attached hydrogen (secondary N) is 4. The van der Waals surface area contributed by atoms with Gasteiger partial charge in [-0.2, -0.15) is 0 Å². The number of aromatic nitrogens is 2. The van der Waals surface area contributed by atoms with Gasteiger partial charge in [0.15, 0.2) is 5.43 Å². The summed E-state index contributed by atoms with van der Waals surface area (Å²) in [4.78, 5) is 41.1. The summed E-state index contributed by atoms with van der Waals surface area (Å²) in [5.41, 5.74) is 8.44. The molecule has 3 amide bonds. The molecule has 8 nitrogen and oxygen atoms in total. The number of amides is 3. The summed E-state index contributed by atoms with van der Waals surface area (Å²) in [6.45, 7) is 0.303. The number of carbonyl (C=O) groups is 2. The van der Waals surface area contributed by atoms with Crippen LogP contribution >= 0.6 is 0 Å². The highest BCUT2D eigenvalue weighted by Crippen LogP contribution is 2.20. The SMILES string of the molecule is NC(=O)c1cc2cc(NC(=O)NCc3ccc4c(=O)cc[nH]c4c3)ccc2[nH]1. The van der Waals surface area contributed by atoms with Crippen molar-refractivity contribution in [1.29, 1.82) is 0 Å². The van der Waals surface area contributed by atoms with Gasteiger partial charge in [0.25, 0.3) is 5.91 Å². The van der Waals surface area contributed by atoms with Crippen molar-refractivity contribution < 1.29 is 9.59 Å². The van der Waals surface area contributed by atoms with Crippen LogP contribution in [0, 0.1) is 0 Å². The number of fused-ring (bicyclic) bond motifs is 2. The van der Waals surface area contributed by atoms with Crippen LogP contribution in [0.25, 0.3) is 21.8 Å². The molecule has 0 radical (unpaired) electrons.